The van der Waals surface area contributed by atoms with E-state index in [2.05, 4.69) is 0 Å². The van der Waals surface area contributed by atoms with E-state index in [1.165, 1.54) is 0 Å². The van der Waals surface area contributed by atoms with Gasteiger partial charge < -0.3 is 19.6 Å². The number of nitrogens with one attached hydrogen (secondary N) is 1. The number of carbonyl (C=O) groups is 1. The average molecular weight is 234 g/mol. The summed E-state index contributed by atoms with van der Waals surface area (Å²) < 4.78 is 20.4. The summed E-state index contributed by atoms with van der Waals surface area (Å²) in [5.74, 6) is 0. The minimum absolute atomic E-state index is 0.119. The van der Waals surface area contributed by atoms with Crippen molar-refractivity contribution in [2.75, 3.05) is 7.05 Å². The third-order valence-electron chi connectivity index (χ3n) is 0.926. The van der Waals surface area contributed by atoms with Crippen LogP contribution in [-0.2, 0) is 9.13 Å². The average Bonchev–Trinajstić information content (AvgIpc) is 1.79. The van der Waals surface area contributed by atoms with E-state index < -0.39 is 21.5 Å². The van der Waals surface area contributed by atoms with Gasteiger partial charge in [0.2, 0.25) is 0 Å². The van der Waals surface area contributed by atoms with Gasteiger partial charge in [-0.1, -0.05) is 0 Å². The first kappa shape index (κ1) is 12.6. The zero-order valence-electron chi connectivity index (χ0n) is 6.36. The topological polar surface area (TPSA) is 147 Å². The standard InChI is InChI=1S/C2H8N2O7P2/c1-4(13(9,10)11)2(5)3-12(6,7)8/h1H3,(H2,9,10,11)(H3,3,5,6,7,8). The van der Waals surface area contributed by atoms with Gasteiger partial charge in [-0.05, 0) is 0 Å². The van der Waals surface area contributed by atoms with Crippen LogP contribution in [-0.4, -0.2) is 37.3 Å². The van der Waals surface area contributed by atoms with Crippen molar-refractivity contribution in [2.24, 2.45) is 0 Å². The van der Waals surface area contributed by atoms with Crippen molar-refractivity contribution in [1.82, 2.24) is 9.76 Å². The Bertz CT molecular complexity index is 289. The van der Waals surface area contributed by atoms with Crippen LogP contribution in [0.5, 0.6) is 0 Å². The molecule has 5 N–H and O–H groups in total. The van der Waals surface area contributed by atoms with Gasteiger partial charge in [-0.3, -0.25) is 0 Å². The summed E-state index contributed by atoms with van der Waals surface area (Å²) in [6.45, 7) is 0. The van der Waals surface area contributed by atoms with Crippen molar-refractivity contribution in [1.29, 1.82) is 0 Å². The molecule has 2 amide bonds. The van der Waals surface area contributed by atoms with Crippen molar-refractivity contribution < 1.29 is 33.5 Å². The molecule has 0 aliphatic heterocycles. The second-order valence-corrected chi connectivity index (χ2v) is 4.94. The predicted octanol–water partition coefficient (Wildman–Crippen LogP) is -1.19. The van der Waals surface area contributed by atoms with Crippen molar-refractivity contribution in [3.63, 3.8) is 0 Å². The molecule has 0 heterocycles. The summed E-state index contributed by atoms with van der Waals surface area (Å²) in [5, 5.41) is 1.09. The molecule has 11 heteroatoms. The molecule has 0 spiro atoms. The maximum absolute atomic E-state index is 10.6. The Morgan fingerprint density at radius 3 is 1.85 bits per heavy atom. The molecule has 0 radical (unpaired) electrons. The molecule has 0 saturated heterocycles. The van der Waals surface area contributed by atoms with E-state index in [9.17, 15) is 13.9 Å². The van der Waals surface area contributed by atoms with Gasteiger partial charge in [-0.2, -0.15) is 0 Å². The Kier molecular flexibility index (Phi) is 3.62. The van der Waals surface area contributed by atoms with Crippen molar-refractivity contribution in [3.8, 4) is 0 Å². The summed E-state index contributed by atoms with van der Waals surface area (Å²) >= 11 is 0. The maximum Gasteiger partial charge on any atom is 0.433 e. The lowest BCUT2D eigenvalue weighted by atomic mass is 11.0. The van der Waals surface area contributed by atoms with Crippen LogP contribution in [0.15, 0.2) is 0 Å². The lowest BCUT2D eigenvalue weighted by Crippen LogP contribution is -2.32. The fourth-order valence-corrected chi connectivity index (χ4v) is 1.08. The zero-order valence-corrected chi connectivity index (χ0v) is 8.14. The lowest BCUT2D eigenvalue weighted by Gasteiger charge is -2.18. The summed E-state index contributed by atoms with van der Waals surface area (Å²) in [7, 11) is -8.95. The SMILES string of the molecule is CN(C(=O)NP(=O)(O)O)P(=O)(O)O. The number of amides is 2. The van der Waals surface area contributed by atoms with Crippen LogP contribution in [0, 0.1) is 0 Å². The molecule has 0 aliphatic rings. The van der Waals surface area contributed by atoms with E-state index in [1.807, 2.05) is 0 Å². The highest BCUT2D eigenvalue weighted by molar-refractivity contribution is 7.51. The number of rotatable bonds is 2. The molecule has 0 rings (SSSR count). The predicted molar refractivity (Wildman–Crippen MR) is 40.4 cm³/mol. The quantitative estimate of drug-likeness (QED) is 0.377. The Balaban J connectivity index is 4.48. The Labute approximate surface area is 72.8 Å². The molecule has 13 heavy (non-hydrogen) atoms. The van der Waals surface area contributed by atoms with Gasteiger partial charge >= 0.3 is 21.5 Å². The molecule has 0 atom stereocenters. The summed E-state index contributed by atoms with van der Waals surface area (Å²) in [5.41, 5.74) is 0. The molecule has 9 nitrogen and oxygen atoms in total. The number of hydrogen-bond acceptors (Lipinski definition) is 3. The minimum atomic E-state index is -4.83. The van der Waals surface area contributed by atoms with E-state index in [0.717, 1.165) is 5.09 Å². The molecule has 0 aromatic heterocycles. The van der Waals surface area contributed by atoms with Crippen LogP contribution in [0.3, 0.4) is 0 Å². The molecule has 0 fully saturated rings. The van der Waals surface area contributed by atoms with Crippen molar-refractivity contribution >= 4 is 21.5 Å². The summed E-state index contributed by atoms with van der Waals surface area (Å²) in [4.78, 5) is 43.8. The number of carbonyl (C=O) groups excluding carboxylic acids is 1. The van der Waals surface area contributed by atoms with E-state index in [4.69, 9.17) is 19.6 Å². The fraction of sp³-hybridized carbons (Fsp3) is 0.500. The molecule has 0 aliphatic carbocycles. The number of nitrogens with zero attached hydrogens (tertiary/aromatic N) is 1. The van der Waals surface area contributed by atoms with Gasteiger partial charge in [0.25, 0.3) is 0 Å². The normalized spacial score (nSPS) is 12.4. The Morgan fingerprint density at radius 2 is 1.62 bits per heavy atom. The first-order valence-corrected chi connectivity index (χ1v) is 5.89. The van der Waals surface area contributed by atoms with E-state index in [0.29, 0.717) is 7.05 Å². The molecule has 0 saturated carbocycles. The summed E-state index contributed by atoms with van der Waals surface area (Å²) in [6, 6.07) is -1.55. The molecule has 0 aromatic carbocycles. The van der Waals surface area contributed by atoms with Crippen LogP contribution < -0.4 is 5.09 Å². The van der Waals surface area contributed by atoms with Crippen LogP contribution in [0.1, 0.15) is 0 Å². The van der Waals surface area contributed by atoms with Gasteiger partial charge in [-0.25, -0.2) is 23.7 Å². The van der Waals surface area contributed by atoms with E-state index in [1.54, 1.807) is 0 Å². The van der Waals surface area contributed by atoms with Crippen molar-refractivity contribution in [2.45, 2.75) is 0 Å². The van der Waals surface area contributed by atoms with Gasteiger partial charge in [-0.15, -0.1) is 0 Å². The zero-order chi connectivity index (χ0) is 10.9. The molecule has 0 aromatic rings. The molecular formula is C2H8N2O7P2. The second kappa shape index (κ2) is 3.75. The summed E-state index contributed by atoms with van der Waals surface area (Å²) in [6.07, 6.45) is 0. The Morgan fingerprint density at radius 1 is 1.23 bits per heavy atom. The third-order valence-corrected chi connectivity index (χ3v) is 2.37. The van der Waals surface area contributed by atoms with Crippen LogP contribution in [0.25, 0.3) is 0 Å². The third kappa shape index (κ3) is 4.99. The fourth-order valence-electron chi connectivity index (χ4n) is 0.315. The van der Waals surface area contributed by atoms with E-state index in [-0.39, 0.29) is 4.67 Å². The highest BCUT2D eigenvalue weighted by Gasteiger charge is 2.30. The molecular weight excluding hydrogens is 226 g/mol. The number of urea groups is 1. The monoisotopic (exact) mass is 234 g/mol. The Hall–Kier alpha value is -0.430. The highest BCUT2D eigenvalue weighted by atomic mass is 31.2. The second-order valence-electron chi connectivity index (χ2n) is 2.00. The lowest BCUT2D eigenvalue weighted by molar-refractivity contribution is 0.218. The van der Waals surface area contributed by atoms with Crippen LogP contribution >= 0.6 is 15.5 Å². The molecule has 78 valence electrons. The van der Waals surface area contributed by atoms with Crippen LogP contribution in [0.2, 0.25) is 0 Å². The number of hydrogen-bond donors (Lipinski definition) is 5. The van der Waals surface area contributed by atoms with Crippen LogP contribution in [0.4, 0.5) is 4.79 Å². The first-order chi connectivity index (χ1) is 5.54. The van der Waals surface area contributed by atoms with E-state index >= 15 is 0 Å². The van der Waals surface area contributed by atoms with Gasteiger partial charge in [0.05, 0.1) is 0 Å². The van der Waals surface area contributed by atoms with Gasteiger partial charge in [0, 0.05) is 7.05 Å². The minimum Gasteiger partial charge on any atom is -0.308 e. The van der Waals surface area contributed by atoms with Gasteiger partial charge in [0.15, 0.2) is 0 Å². The molecule has 0 bridgehead atoms. The highest BCUT2D eigenvalue weighted by Crippen LogP contribution is 2.39. The van der Waals surface area contributed by atoms with Crippen molar-refractivity contribution in [3.05, 3.63) is 0 Å². The smallest absolute Gasteiger partial charge is 0.308 e. The molecule has 0 unspecified atom stereocenters. The first-order valence-electron chi connectivity index (χ1n) is 2.71. The van der Waals surface area contributed by atoms with Gasteiger partial charge in [0.1, 0.15) is 0 Å². The maximum atomic E-state index is 10.6. The largest absolute Gasteiger partial charge is 0.433 e.